The summed E-state index contributed by atoms with van der Waals surface area (Å²) >= 11 is 0. The molecule has 1 N–H and O–H groups in total. The Hall–Kier alpha value is -0.300. The van der Waals surface area contributed by atoms with Crippen LogP contribution < -0.4 is 5.32 Å². The van der Waals surface area contributed by atoms with Crippen molar-refractivity contribution < 1.29 is 0 Å². The van der Waals surface area contributed by atoms with Gasteiger partial charge in [0, 0.05) is 6.54 Å². The molecule has 0 saturated heterocycles. The predicted molar refractivity (Wildman–Crippen MR) is 65.9 cm³/mol. The second-order valence-corrected chi connectivity index (χ2v) is 5.77. The van der Waals surface area contributed by atoms with Gasteiger partial charge in [0.2, 0.25) is 0 Å². The van der Waals surface area contributed by atoms with Gasteiger partial charge in [0.15, 0.2) is 0 Å². The molecule has 0 atom stereocenters. The van der Waals surface area contributed by atoms with Crippen molar-refractivity contribution in [3.8, 4) is 0 Å². The molecule has 1 heteroatoms. The fourth-order valence-electron chi connectivity index (χ4n) is 3.81. The third kappa shape index (κ3) is 1.75. The van der Waals surface area contributed by atoms with Gasteiger partial charge in [0.1, 0.15) is 0 Å². The van der Waals surface area contributed by atoms with Crippen LogP contribution in [0, 0.1) is 10.8 Å². The minimum absolute atomic E-state index is 0.546. The summed E-state index contributed by atoms with van der Waals surface area (Å²) in [5.41, 5.74) is 2.72. The first-order valence-corrected chi connectivity index (χ1v) is 6.49. The van der Waals surface area contributed by atoms with Crippen LogP contribution in [-0.4, -0.2) is 13.6 Å². The van der Waals surface area contributed by atoms with E-state index in [0.29, 0.717) is 10.8 Å². The molecule has 15 heavy (non-hydrogen) atoms. The molecular formula is C14H25N. The van der Waals surface area contributed by atoms with Gasteiger partial charge in [0.05, 0.1) is 0 Å². The summed E-state index contributed by atoms with van der Waals surface area (Å²) in [6.45, 7) is 7.81. The fraction of sp³-hybridized carbons (Fsp3) is 0.857. The Balaban J connectivity index is 2.07. The highest BCUT2D eigenvalue weighted by Gasteiger charge is 2.48. The van der Waals surface area contributed by atoms with Crippen molar-refractivity contribution in [3.63, 3.8) is 0 Å². The van der Waals surface area contributed by atoms with E-state index in [1.54, 1.807) is 0 Å². The van der Waals surface area contributed by atoms with E-state index in [1.165, 1.54) is 57.1 Å². The summed E-state index contributed by atoms with van der Waals surface area (Å²) in [7, 11) is 2.09. The van der Waals surface area contributed by atoms with E-state index in [4.69, 9.17) is 0 Å². The molecule has 0 aliphatic heterocycles. The van der Waals surface area contributed by atoms with Crippen LogP contribution in [-0.2, 0) is 0 Å². The first kappa shape index (κ1) is 11.2. The summed E-state index contributed by atoms with van der Waals surface area (Å²) in [5.74, 6) is 0. The number of hydrogen-bond donors (Lipinski definition) is 1. The third-order valence-electron chi connectivity index (χ3n) is 5.13. The van der Waals surface area contributed by atoms with E-state index in [-0.39, 0.29) is 0 Å². The van der Waals surface area contributed by atoms with Gasteiger partial charge in [-0.15, -0.1) is 0 Å². The summed E-state index contributed by atoms with van der Waals surface area (Å²) < 4.78 is 0. The largest absolute Gasteiger partial charge is 0.319 e. The molecule has 3 rings (SSSR count). The van der Waals surface area contributed by atoms with Gasteiger partial charge in [0.25, 0.3) is 0 Å². The number of allylic oxidation sites excluding steroid dienone is 1. The number of fused-ring (bicyclic) bond motifs is 3. The zero-order valence-corrected chi connectivity index (χ0v) is 10.4. The van der Waals surface area contributed by atoms with E-state index < -0.39 is 0 Å². The highest BCUT2D eigenvalue weighted by molar-refractivity contribution is 5.16. The molecule has 0 spiro atoms. The molecule has 0 heterocycles. The van der Waals surface area contributed by atoms with Crippen LogP contribution in [0.1, 0.15) is 51.9 Å². The Morgan fingerprint density at radius 1 is 1.13 bits per heavy atom. The Morgan fingerprint density at radius 3 is 2.07 bits per heavy atom. The SMILES string of the molecule is C=C(CC)C12CCC(CNC)(CC1)CC2. The summed E-state index contributed by atoms with van der Waals surface area (Å²) in [4.78, 5) is 0. The lowest BCUT2D eigenvalue weighted by molar-refractivity contribution is 0.0149. The van der Waals surface area contributed by atoms with Crippen LogP contribution >= 0.6 is 0 Å². The molecule has 0 radical (unpaired) electrons. The maximum absolute atomic E-state index is 4.32. The maximum atomic E-state index is 4.32. The zero-order valence-electron chi connectivity index (χ0n) is 10.4. The lowest BCUT2D eigenvalue weighted by Gasteiger charge is -2.54. The molecule has 3 aliphatic rings. The first-order chi connectivity index (χ1) is 7.16. The average molecular weight is 207 g/mol. The highest BCUT2D eigenvalue weighted by atomic mass is 14.8. The molecule has 0 aromatic rings. The monoisotopic (exact) mass is 207 g/mol. The van der Waals surface area contributed by atoms with Crippen LogP contribution in [0.25, 0.3) is 0 Å². The van der Waals surface area contributed by atoms with Gasteiger partial charge in [-0.3, -0.25) is 0 Å². The lowest BCUT2D eigenvalue weighted by Crippen LogP contribution is -2.46. The smallest absolute Gasteiger partial charge is 0.000482 e. The molecule has 0 amide bonds. The quantitative estimate of drug-likeness (QED) is 0.696. The van der Waals surface area contributed by atoms with Crippen LogP contribution in [0.4, 0.5) is 0 Å². The van der Waals surface area contributed by atoms with E-state index >= 15 is 0 Å². The minimum atomic E-state index is 0.546. The van der Waals surface area contributed by atoms with Crippen molar-refractivity contribution in [3.05, 3.63) is 12.2 Å². The van der Waals surface area contributed by atoms with Crippen molar-refractivity contribution in [2.24, 2.45) is 10.8 Å². The molecule has 1 nitrogen and oxygen atoms in total. The van der Waals surface area contributed by atoms with Crippen molar-refractivity contribution >= 4 is 0 Å². The molecule has 3 saturated carbocycles. The highest BCUT2D eigenvalue weighted by Crippen LogP contribution is 2.59. The summed E-state index contributed by atoms with van der Waals surface area (Å²) in [6.07, 6.45) is 9.66. The Morgan fingerprint density at radius 2 is 1.67 bits per heavy atom. The van der Waals surface area contributed by atoms with Gasteiger partial charge in [-0.25, -0.2) is 0 Å². The predicted octanol–water partition coefficient (Wildman–Crippen LogP) is 3.51. The molecule has 0 unspecified atom stereocenters. The average Bonchev–Trinajstić information content (AvgIpc) is 2.30. The van der Waals surface area contributed by atoms with Gasteiger partial charge in [-0.2, -0.15) is 0 Å². The molecule has 0 aromatic carbocycles. The first-order valence-electron chi connectivity index (χ1n) is 6.49. The van der Waals surface area contributed by atoms with Crippen molar-refractivity contribution in [1.82, 2.24) is 5.32 Å². The van der Waals surface area contributed by atoms with E-state index in [9.17, 15) is 0 Å². The minimum Gasteiger partial charge on any atom is -0.319 e. The zero-order chi connectivity index (χ0) is 10.9. The number of nitrogens with one attached hydrogen (secondary N) is 1. The number of rotatable bonds is 4. The van der Waals surface area contributed by atoms with E-state index in [1.807, 2.05) is 0 Å². The molecular weight excluding hydrogens is 182 g/mol. The second-order valence-electron chi connectivity index (χ2n) is 5.77. The number of hydrogen-bond acceptors (Lipinski definition) is 1. The van der Waals surface area contributed by atoms with Gasteiger partial charge in [-0.05, 0) is 62.8 Å². The summed E-state index contributed by atoms with van der Waals surface area (Å²) in [6, 6.07) is 0. The van der Waals surface area contributed by atoms with Crippen LogP contribution in [0.15, 0.2) is 12.2 Å². The van der Waals surface area contributed by atoms with Gasteiger partial charge < -0.3 is 5.32 Å². The Labute approximate surface area is 94.3 Å². The van der Waals surface area contributed by atoms with E-state index in [2.05, 4.69) is 25.9 Å². The Bertz CT molecular complexity index is 230. The maximum Gasteiger partial charge on any atom is 0.000482 e. The van der Waals surface area contributed by atoms with Crippen molar-refractivity contribution in [2.45, 2.75) is 51.9 Å². The summed E-state index contributed by atoms with van der Waals surface area (Å²) in [5, 5.41) is 3.39. The molecule has 3 aliphatic carbocycles. The van der Waals surface area contributed by atoms with Gasteiger partial charge in [-0.1, -0.05) is 19.1 Å². The van der Waals surface area contributed by atoms with Crippen LogP contribution in [0.5, 0.6) is 0 Å². The van der Waals surface area contributed by atoms with Crippen LogP contribution in [0.3, 0.4) is 0 Å². The lowest BCUT2D eigenvalue weighted by atomic mass is 9.51. The molecule has 86 valence electrons. The van der Waals surface area contributed by atoms with Gasteiger partial charge >= 0.3 is 0 Å². The van der Waals surface area contributed by atoms with E-state index in [0.717, 1.165) is 0 Å². The van der Waals surface area contributed by atoms with Crippen molar-refractivity contribution in [2.75, 3.05) is 13.6 Å². The Kier molecular flexibility index (Phi) is 2.94. The molecule has 0 aromatic heterocycles. The van der Waals surface area contributed by atoms with Crippen LogP contribution in [0.2, 0.25) is 0 Å². The normalized spacial score (nSPS) is 39.3. The second kappa shape index (κ2) is 3.93. The standard InChI is InChI=1S/C14H25N/c1-4-12(2)14-8-5-13(6-9-14,7-10-14)11-15-3/h15H,2,4-11H2,1,3H3. The third-order valence-corrected chi connectivity index (χ3v) is 5.13. The molecule has 3 fully saturated rings. The van der Waals surface area contributed by atoms with Crippen molar-refractivity contribution in [1.29, 1.82) is 0 Å². The molecule has 2 bridgehead atoms. The topological polar surface area (TPSA) is 12.0 Å². The fourth-order valence-corrected chi connectivity index (χ4v) is 3.81.